The summed E-state index contributed by atoms with van der Waals surface area (Å²) in [5.41, 5.74) is 1.51. The van der Waals surface area contributed by atoms with Crippen LogP contribution < -0.4 is 5.32 Å². The molecule has 0 atom stereocenters. The Morgan fingerprint density at radius 1 is 1.33 bits per heavy atom. The molecule has 3 heteroatoms. The van der Waals surface area contributed by atoms with Gasteiger partial charge in [0.05, 0.1) is 18.4 Å². The van der Waals surface area contributed by atoms with Gasteiger partial charge in [-0.3, -0.25) is 0 Å². The van der Waals surface area contributed by atoms with Crippen LogP contribution in [-0.4, -0.2) is 18.1 Å². The summed E-state index contributed by atoms with van der Waals surface area (Å²) >= 11 is 0. The topological polar surface area (TPSA) is 34.1 Å². The first-order valence-electron chi connectivity index (χ1n) is 6.84. The van der Waals surface area contributed by atoms with Gasteiger partial charge in [-0.05, 0) is 43.2 Å². The second-order valence-corrected chi connectivity index (χ2v) is 5.94. The SMILES string of the molecule is CNc1cccc(COC2CCC(C)(C)CC2)n1. The van der Waals surface area contributed by atoms with Gasteiger partial charge >= 0.3 is 0 Å². The number of aromatic nitrogens is 1. The fraction of sp³-hybridized carbons (Fsp3) is 0.667. The van der Waals surface area contributed by atoms with E-state index in [0.29, 0.717) is 18.1 Å². The van der Waals surface area contributed by atoms with Crippen LogP contribution >= 0.6 is 0 Å². The minimum atomic E-state index is 0.415. The van der Waals surface area contributed by atoms with Crippen LogP contribution in [0.3, 0.4) is 0 Å². The quantitative estimate of drug-likeness (QED) is 0.884. The molecular weight excluding hydrogens is 224 g/mol. The zero-order valence-corrected chi connectivity index (χ0v) is 11.7. The lowest BCUT2D eigenvalue weighted by Gasteiger charge is -2.34. The van der Waals surface area contributed by atoms with E-state index in [-0.39, 0.29) is 0 Å². The number of hydrogen-bond acceptors (Lipinski definition) is 3. The number of ether oxygens (including phenoxy) is 1. The van der Waals surface area contributed by atoms with Crippen molar-refractivity contribution in [2.24, 2.45) is 5.41 Å². The summed E-state index contributed by atoms with van der Waals surface area (Å²) in [5.74, 6) is 0.904. The molecule has 0 aromatic carbocycles. The highest BCUT2D eigenvalue weighted by Crippen LogP contribution is 2.36. The molecule has 0 aliphatic heterocycles. The maximum absolute atomic E-state index is 5.97. The van der Waals surface area contributed by atoms with Crippen molar-refractivity contribution in [3.05, 3.63) is 23.9 Å². The van der Waals surface area contributed by atoms with Gasteiger partial charge in [0.2, 0.25) is 0 Å². The summed E-state index contributed by atoms with van der Waals surface area (Å²) in [4.78, 5) is 4.47. The molecule has 0 amide bonds. The summed E-state index contributed by atoms with van der Waals surface area (Å²) in [6, 6.07) is 6.00. The van der Waals surface area contributed by atoms with Crippen LogP contribution in [0.5, 0.6) is 0 Å². The predicted octanol–water partition coefficient (Wildman–Crippen LogP) is 3.61. The van der Waals surface area contributed by atoms with Gasteiger partial charge in [0, 0.05) is 7.05 Å². The third kappa shape index (κ3) is 3.70. The maximum atomic E-state index is 5.97. The van der Waals surface area contributed by atoms with Gasteiger partial charge in [-0.1, -0.05) is 19.9 Å². The summed E-state index contributed by atoms with van der Waals surface area (Å²) in [6.45, 7) is 5.32. The fourth-order valence-electron chi connectivity index (χ4n) is 2.44. The van der Waals surface area contributed by atoms with Crippen molar-refractivity contribution in [3.8, 4) is 0 Å². The standard InChI is InChI=1S/C15H24N2O/c1-15(2)9-7-13(8-10-15)18-11-12-5-4-6-14(16-3)17-12/h4-6,13H,7-11H2,1-3H3,(H,16,17). The Labute approximate surface area is 110 Å². The van der Waals surface area contributed by atoms with Crippen molar-refractivity contribution in [1.82, 2.24) is 4.98 Å². The molecule has 100 valence electrons. The molecule has 0 unspecified atom stereocenters. The smallest absolute Gasteiger partial charge is 0.126 e. The summed E-state index contributed by atoms with van der Waals surface area (Å²) < 4.78 is 5.97. The van der Waals surface area contributed by atoms with Gasteiger partial charge in [0.25, 0.3) is 0 Å². The van der Waals surface area contributed by atoms with E-state index in [9.17, 15) is 0 Å². The van der Waals surface area contributed by atoms with Crippen LogP contribution in [0.4, 0.5) is 5.82 Å². The van der Waals surface area contributed by atoms with E-state index >= 15 is 0 Å². The molecule has 1 heterocycles. The van der Waals surface area contributed by atoms with E-state index in [1.165, 1.54) is 25.7 Å². The van der Waals surface area contributed by atoms with Crippen molar-refractivity contribution in [2.45, 2.75) is 52.2 Å². The van der Waals surface area contributed by atoms with E-state index in [0.717, 1.165) is 11.5 Å². The molecule has 1 saturated carbocycles. The Kier molecular flexibility index (Phi) is 4.23. The number of hydrogen-bond donors (Lipinski definition) is 1. The first kappa shape index (κ1) is 13.3. The zero-order chi connectivity index (χ0) is 13.0. The zero-order valence-electron chi connectivity index (χ0n) is 11.7. The highest BCUT2D eigenvalue weighted by molar-refractivity contribution is 5.34. The Hall–Kier alpha value is -1.09. The lowest BCUT2D eigenvalue weighted by Crippen LogP contribution is -2.26. The average molecular weight is 248 g/mol. The monoisotopic (exact) mass is 248 g/mol. The molecule has 0 spiro atoms. The van der Waals surface area contributed by atoms with Crippen molar-refractivity contribution < 1.29 is 4.74 Å². The maximum Gasteiger partial charge on any atom is 0.126 e. The molecule has 1 aliphatic carbocycles. The number of rotatable bonds is 4. The minimum absolute atomic E-state index is 0.415. The van der Waals surface area contributed by atoms with Crippen LogP contribution in [-0.2, 0) is 11.3 Å². The molecule has 0 radical (unpaired) electrons. The second kappa shape index (κ2) is 5.70. The fourth-order valence-corrected chi connectivity index (χ4v) is 2.44. The summed E-state index contributed by atoms with van der Waals surface area (Å²) in [7, 11) is 1.89. The highest BCUT2D eigenvalue weighted by atomic mass is 16.5. The summed E-state index contributed by atoms with van der Waals surface area (Å²) in [6.07, 6.45) is 5.30. The molecule has 0 saturated heterocycles. The molecule has 2 rings (SSSR count). The number of nitrogens with zero attached hydrogens (tertiary/aromatic N) is 1. The van der Waals surface area contributed by atoms with Crippen molar-refractivity contribution >= 4 is 5.82 Å². The van der Waals surface area contributed by atoms with Gasteiger partial charge in [-0.15, -0.1) is 0 Å². The number of nitrogens with one attached hydrogen (secondary N) is 1. The van der Waals surface area contributed by atoms with Crippen LogP contribution in [0, 0.1) is 5.41 Å². The summed E-state index contributed by atoms with van der Waals surface area (Å²) in [5, 5.41) is 3.05. The molecule has 3 nitrogen and oxygen atoms in total. The Morgan fingerprint density at radius 3 is 2.72 bits per heavy atom. The van der Waals surface area contributed by atoms with Crippen molar-refractivity contribution in [3.63, 3.8) is 0 Å². The number of pyridine rings is 1. The van der Waals surface area contributed by atoms with Crippen molar-refractivity contribution in [2.75, 3.05) is 12.4 Å². The van der Waals surface area contributed by atoms with Crippen LogP contribution in [0.15, 0.2) is 18.2 Å². The average Bonchev–Trinajstić information content (AvgIpc) is 2.38. The normalized spacial score (nSPS) is 19.7. The van der Waals surface area contributed by atoms with E-state index in [1.807, 2.05) is 25.2 Å². The van der Waals surface area contributed by atoms with E-state index in [4.69, 9.17) is 4.74 Å². The predicted molar refractivity (Wildman–Crippen MR) is 74.6 cm³/mol. The molecule has 18 heavy (non-hydrogen) atoms. The Bertz CT molecular complexity index is 380. The minimum Gasteiger partial charge on any atom is -0.373 e. The first-order valence-corrected chi connectivity index (χ1v) is 6.84. The van der Waals surface area contributed by atoms with Gasteiger partial charge in [0.15, 0.2) is 0 Å². The van der Waals surface area contributed by atoms with Crippen molar-refractivity contribution in [1.29, 1.82) is 0 Å². The van der Waals surface area contributed by atoms with Gasteiger partial charge < -0.3 is 10.1 Å². The second-order valence-electron chi connectivity index (χ2n) is 5.94. The van der Waals surface area contributed by atoms with Gasteiger partial charge in [-0.2, -0.15) is 0 Å². The molecule has 1 aliphatic rings. The largest absolute Gasteiger partial charge is 0.373 e. The molecule has 1 aromatic heterocycles. The lowest BCUT2D eigenvalue weighted by molar-refractivity contribution is -0.00683. The van der Waals surface area contributed by atoms with Crippen LogP contribution in [0.25, 0.3) is 0 Å². The third-order valence-corrected chi connectivity index (χ3v) is 3.82. The number of anilines is 1. The molecule has 1 N–H and O–H groups in total. The van der Waals surface area contributed by atoms with E-state index in [2.05, 4.69) is 24.1 Å². The third-order valence-electron chi connectivity index (χ3n) is 3.82. The van der Waals surface area contributed by atoms with E-state index in [1.54, 1.807) is 0 Å². The molecular formula is C15H24N2O. The van der Waals surface area contributed by atoms with Gasteiger partial charge in [-0.25, -0.2) is 4.98 Å². The molecule has 1 aromatic rings. The Morgan fingerprint density at radius 2 is 2.06 bits per heavy atom. The Balaban J connectivity index is 1.81. The molecule has 1 fully saturated rings. The van der Waals surface area contributed by atoms with Crippen LogP contribution in [0.1, 0.15) is 45.2 Å². The molecule has 0 bridgehead atoms. The van der Waals surface area contributed by atoms with Gasteiger partial charge in [0.1, 0.15) is 5.82 Å². The van der Waals surface area contributed by atoms with Crippen LogP contribution in [0.2, 0.25) is 0 Å². The highest BCUT2D eigenvalue weighted by Gasteiger charge is 2.27. The lowest BCUT2D eigenvalue weighted by atomic mass is 9.76. The first-order chi connectivity index (χ1) is 8.59. The van der Waals surface area contributed by atoms with E-state index < -0.39 is 0 Å².